The zero-order valence-corrected chi connectivity index (χ0v) is 10.2. The average Bonchev–Trinajstić information content (AvgIpc) is 2.30. The van der Waals surface area contributed by atoms with Crippen molar-refractivity contribution in [2.24, 2.45) is 11.8 Å². The Labute approximate surface area is 94.5 Å². The monoisotopic (exact) mass is 262 g/mol. The van der Waals surface area contributed by atoms with Crippen LogP contribution in [0.25, 0.3) is 0 Å². The van der Waals surface area contributed by atoms with E-state index < -0.39 is 0 Å². The third-order valence-corrected chi connectivity index (χ3v) is 4.26. The van der Waals surface area contributed by atoms with Gasteiger partial charge in [-0.25, -0.2) is 0 Å². The van der Waals surface area contributed by atoms with Crippen molar-refractivity contribution in [3.8, 4) is 0 Å². The van der Waals surface area contributed by atoms with Gasteiger partial charge < -0.3 is 9.47 Å². The Balaban J connectivity index is 1.76. The summed E-state index contributed by atoms with van der Waals surface area (Å²) in [4.78, 5) is 0. The largest absolute Gasteiger partial charge is 0.352 e. The van der Waals surface area contributed by atoms with Crippen LogP contribution in [-0.2, 0) is 9.47 Å². The zero-order valence-electron chi connectivity index (χ0n) is 8.58. The minimum Gasteiger partial charge on any atom is -0.352 e. The highest BCUT2D eigenvalue weighted by Crippen LogP contribution is 2.33. The number of hydrogen-bond donors (Lipinski definition) is 0. The summed E-state index contributed by atoms with van der Waals surface area (Å²) < 4.78 is 11.3. The summed E-state index contributed by atoms with van der Waals surface area (Å²) in [6.45, 7) is 1.78. The fourth-order valence-electron chi connectivity index (χ4n) is 2.39. The zero-order chi connectivity index (χ0) is 9.80. The van der Waals surface area contributed by atoms with Gasteiger partial charge in [-0.15, -0.1) is 0 Å². The van der Waals surface area contributed by atoms with E-state index in [0.717, 1.165) is 30.9 Å². The van der Waals surface area contributed by atoms with Gasteiger partial charge in [0.25, 0.3) is 0 Å². The molecule has 0 aromatic heterocycles. The van der Waals surface area contributed by atoms with E-state index in [4.69, 9.17) is 9.47 Å². The van der Waals surface area contributed by atoms with Crippen molar-refractivity contribution in [3.63, 3.8) is 0 Å². The summed E-state index contributed by atoms with van der Waals surface area (Å²) in [6, 6.07) is 0. The molecule has 1 saturated heterocycles. The highest BCUT2D eigenvalue weighted by atomic mass is 79.9. The van der Waals surface area contributed by atoms with Crippen molar-refractivity contribution in [1.29, 1.82) is 0 Å². The molecule has 2 rings (SSSR count). The second-order valence-corrected chi connectivity index (χ2v) is 5.05. The quantitative estimate of drug-likeness (QED) is 0.713. The molecule has 3 heteroatoms. The Morgan fingerprint density at radius 1 is 1.00 bits per heavy atom. The SMILES string of the molecule is BrCC1CCC(C2OCCCO2)CC1. The maximum Gasteiger partial charge on any atom is 0.160 e. The highest BCUT2D eigenvalue weighted by Gasteiger charge is 2.29. The molecule has 0 aromatic rings. The van der Waals surface area contributed by atoms with Gasteiger partial charge in [0, 0.05) is 11.2 Å². The van der Waals surface area contributed by atoms with Gasteiger partial charge in [-0.3, -0.25) is 0 Å². The number of alkyl halides is 1. The summed E-state index contributed by atoms with van der Waals surface area (Å²) >= 11 is 3.56. The summed E-state index contributed by atoms with van der Waals surface area (Å²) in [6.07, 6.45) is 6.40. The van der Waals surface area contributed by atoms with Gasteiger partial charge in [0.15, 0.2) is 6.29 Å². The topological polar surface area (TPSA) is 18.5 Å². The molecule has 0 unspecified atom stereocenters. The fourth-order valence-corrected chi connectivity index (χ4v) is 3.04. The second kappa shape index (κ2) is 5.47. The lowest BCUT2D eigenvalue weighted by Gasteiger charge is -2.34. The highest BCUT2D eigenvalue weighted by molar-refractivity contribution is 9.09. The van der Waals surface area contributed by atoms with Crippen molar-refractivity contribution in [2.75, 3.05) is 18.5 Å². The number of ether oxygens (including phenoxy) is 2. The van der Waals surface area contributed by atoms with Gasteiger partial charge >= 0.3 is 0 Å². The van der Waals surface area contributed by atoms with Gasteiger partial charge in [-0.2, -0.15) is 0 Å². The van der Waals surface area contributed by atoms with E-state index in [1.807, 2.05) is 0 Å². The molecule has 1 aliphatic carbocycles. The van der Waals surface area contributed by atoms with Gasteiger partial charge in [0.1, 0.15) is 0 Å². The molecule has 2 nitrogen and oxygen atoms in total. The number of hydrogen-bond acceptors (Lipinski definition) is 2. The molecule has 1 saturated carbocycles. The predicted molar refractivity (Wildman–Crippen MR) is 59.6 cm³/mol. The molecule has 1 heterocycles. The summed E-state index contributed by atoms with van der Waals surface area (Å²) in [5.74, 6) is 1.54. The lowest BCUT2D eigenvalue weighted by Crippen LogP contribution is -2.34. The summed E-state index contributed by atoms with van der Waals surface area (Å²) in [7, 11) is 0. The molecule has 2 aliphatic rings. The van der Waals surface area contributed by atoms with Crippen LogP contribution in [0.5, 0.6) is 0 Å². The second-order valence-electron chi connectivity index (χ2n) is 4.40. The number of rotatable bonds is 2. The molecule has 0 N–H and O–H groups in total. The molecule has 1 aliphatic heterocycles. The van der Waals surface area contributed by atoms with E-state index >= 15 is 0 Å². The van der Waals surface area contributed by atoms with Gasteiger partial charge in [-0.05, 0) is 38.0 Å². The van der Waals surface area contributed by atoms with Crippen molar-refractivity contribution in [1.82, 2.24) is 0 Å². The van der Waals surface area contributed by atoms with Crippen LogP contribution in [0.3, 0.4) is 0 Å². The Kier molecular flexibility index (Phi) is 4.26. The molecular weight excluding hydrogens is 244 g/mol. The first-order valence-corrected chi connectivity index (χ1v) is 6.81. The van der Waals surface area contributed by atoms with E-state index in [0.29, 0.717) is 5.92 Å². The molecule has 0 bridgehead atoms. The molecule has 82 valence electrons. The van der Waals surface area contributed by atoms with Crippen molar-refractivity contribution in [3.05, 3.63) is 0 Å². The molecular formula is C11H19BrO2. The van der Waals surface area contributed by atoms with Crippen molar-refractivity contribution < 1.29 is 9.47 Å². The molecule has 14 heavy (non-hydrogen) atoms. The molecule has 0 radical (unpaired) electrons. The van der Waals surface area contributed by atoms with Crippen LogP contribution in [0.15, 0.2) is 0 Å². The molecule has 0 atom stereocenters. The minimum absolute atomic E-state index is 0.111. The first-order valence-electron chi connectivity index (χ1n) is 5.69. The van der Waals surface area contributed by atoms with Crippen LogP contribution in [0.2, 0.25) is 0 Å². The first-order chi connectivity index (χ1) is 6.90. The van der Waals surface area contributed by atoms with Crippen LogP contribution in [0, 0.1) is 11.8 Å². The maximum atomic E-state index is 5.65. The van der Waals surface area contributed by atoms with E-state index in [-0.39, 0.29) is 6.29 Å². The molecule has 0 spiro atoms. The average molecular weight is 263 g/mol. The Morgan fingerprint density at radius 2 is 1.64 bits per heavy atom. The van der Waals surface area contributed by atoms with E-state index in [1.54, 1.807) is 0 Å². The standard InChI is InChI=1S/C11H19BrO2/c12-8-9-2-4-10(5-3-9)11-13-6-1-7-14-11/h9-11H,1-8H2. The Bertz CT molecular complexity index is 161. The minimum atomic E-state index is 0.111. The van der Waals surface area contributed by atoms with E-state index in [2.05, 4.69) is 15.9 Å². The summed E-state index contributed by atoms with van der Waals surface area (Å²) in [5, 5.41) is 1.16. The van der Waals surface area contributed by atoms with Crippen LogP contribution in [0.1, 0.15) is 32.1 Å². The van der Waals surface area contributed by atoms with E-state index in [1.165, 1.54) is 25.7 Å². The normalized spacial score (nSPS) is 35.8. The first kappa shape index (κ1) is 10.9. The van der Waals surface area contributed by atoms with Gasteiger partial charge in [-0.1, -0.05) is 15.9 Å². The Morgan fingerprint density at radius 3 is 2.21 bits per heavy atom. The lowest BCUT2D eigenvalue weighted by molar-refractivity contribution is -0.210. The van der Waals surface area contributed by atoms with Crippen molar-refractivity contribution in [2.45, 2.75) is 38.4 Å². The van der Waals surface area contributed by atoms with Gasteiger partial charge in [0.2, 0.25) is 0 Å². The predicted octanol–water partition coefficient (Wildman–Crippen LogP) is 2.95. The molecule has 2 fully saturated rings. The van der Waals surface area contributed by atoms with Crippen molar-refractivity contribution >= 4 is 15.9 Å². The van der Waals surface area contributed by atoms with E-state index in [9.17, 15) is 0 Å². The molecule has 0 amide bonds. The van der Waals surface area contributed by atoms with Crippen LogP contribution in [-0.4, -0.2) is 24.8 Å². The number of halogens is 1. The fraction of sp³-hybridized carbons (Fsp3) is 1.00. The lowest BCUT2D eigenvalue weighted by atomic mass is 9.82. The molecule has 0 aromatic carbocycles. The van der Waals surface area contributed by atoms with Gasteiger partial charge in [0.05, 0.1) is 13.2 Å². The van der Waals surface area contributed by atoms with Crippen LogP contribution >= 0.6 is 15.9 Å². The summed E-state index contributed by atoms with van der Waals surface area (Å²) in [5.41, 5.74) is 0. The Hall–Kier alpha value is 0.400. The smallest absolute Gasteiger partial charge is 0.160 e. The maximum absolute atomic E-state index is 5.65. The third-order valence-electron chi connectivity index (χ3n) is 3.35. The van der Waals surface area contributed by atoms with Crippen LogP contribution in [0.4, 0.5) is 0 Å². The third kappa shape index (κ3) is 2.71. The van der Waals surface area contributed by atoms with Crippen LogP contribution < -0.4 is 0 Å².